The number of nitrogens with two attached hydrogens (primary N) is 1. The van der Waals surface area contributed by atoms with Crippen molar-refractivity contribution < 1.29 is 14.6 Å². The van der Waals surface area contributed by atoms with Crippen LogP contribution in [-0.4, -0.2) is 22.5 Å². The van der Waals surface area contributed by atoms with Crippen LogP contribution in [0.4, 0.5) is 5.82 Å². The zero-order valence-electron chi connectivity index (χ0n) is 13.1. The number of ether oxygens (including phenoxy) is 1. The van der Waals surface area contributed by atoms with Gasteiger partial charge in [0.1, 0.15) is 18.2 Å². The first-order valence-corrected chi connectivity index (χ1v) is 8.55. The van der Waals surface area contributed by atoms with E-state index in [4.69, 9.17) is 15.6 Å². The Morgan fingerprint density at radius 2 is 2.04 bits per heavy atom. The molecule has 6 heteroatoms. The molecule has 0 amide bonds. The summed E-state index contributed by atoms with van der Waals surface area (Å²) in [5, 5.41) is 11.6. The Kier molecular flexibility index (Phi) is 6.50. The Hall–Kier alpha value is -2.44. The summed E-state index contributed by atoms with van der Waals surface area (Å²) in [6.45, 7) is 0.363. The third-order valence-corrected chi connectivity index (χ3v) is 4.76. The topological polar surface area (TPSA) is 85.4 Å². The highest BCUT2D eigenvalue weighted by atomic mass is 32.1. The van der Waals surface area contributed by atoms with Gasteiger partial charge in [-0.2, -0.15) is 0 Å². The molecule has 0 bridgehead atoms. The molecule has 0 fully saturated rings. The number of nitrogen functional groups attached to an aromatic ring is 1. The molecule has 2 heterocycles. The van der Waals surface area contributed by atoms with E-state index in [0.29, 0.717) is 30.8 Å². The molecule has 5 nitrogen and oxygen atoms in total. The number of fused-ring (bicyclic) bond motifs is 1. The quantitative estimate of drug-likeness (QED) is 0.622. The van der Waals surface area contributed by atoms with Gasteiger partial charge in [0.05, 0.1) is 10.3 Å². The Morgan fingerprint density at radius 1 is 1.28 bits per heavy atom. The molecule has 2 aromatic heterocycles. The monoisotopic (exact) mass is 358 g/mol. The van der Waals surface area contributed by atoms with Gasteiger partial charge in [-0.3, -0.25) is 4.79 Å². The highest BCUT2D eigenvalue weighted by molar-refractivity contribution is 7.17. The van der Waals surface area contributed by atoms with Crippen molar-refractivity contribution in [1.82, 2.24) is 4.98 Å². The van der Waals surface area contributed by atoms with Crippen molar-refractivity contribution in [3.63, 3.8) is 0 Å². The van der Waals surface area contributed by atoms with E-state index in [1.54, 1.807) is 0 Å². The van der Waals surface area contributed by atoms with Crippen LogP contribution in [0.3, 0.4) is 0 Å². The lowest BCUT2D eigenvalue weighted by Gasteiger charge is -2.07. The molecular formula is C19H22N2O3S. The second-order valence-corrected chi connectivity index (χ2v) is 6.25. The number of hydrogen-bond acceptors (Lipinski definition) is 6. The Bertz CT molecular complexity index is 847. The number of anilines is 1. The number of carbonyl (C=O) groups is 1. The first kappa shape index (κ1) is 18.9. The fourth-order valence-electron chi connectivity index (χ4n) is 2.49. The van der Waals surface area contributed by atoms with Crippen molar-refractivity contribution in [2.45, 2.75) is 26.9 Å². The van der Waals surface area contributed by atoms with E-state index in [1.165, 1.54) is 17.5 Å². The van der Waals surface area contributed by atoms with Gasteiger partial charge >= 0.3 is 0 Å². The molecule has 0 atom stereocenters. The summed E-state index contributed by atoms with van der Waals surface area (Å²) in [6.07, 6.45) is 2.26. The Balaban J connectivity index is 0.00000225. The van der Waals surface area contributed by atoms with Gasteiger partial charge in [-0.1, -0.05) is 25.6 Å². The molecule has 132 valence electrons. The van der Waals surface area contributed by atoms with E-state index >= 15 is 0 Å². The second kappa shape index (κ2) is 8.60. The second-order valence-electron chi connectivity index (χ2n) is 5.37. The molecule has 3 aromatic rings. The van der Waals surface area contributed by atoms with Crippen LogP contribution < -0.4 is 10.5 Å². The summed E-state index contributed by atoms with van der Waals surface area (Å²) >= 11 is 1.47. The van der Waals surface area contributed by atoms with E-state index in [1.807, 2.05) is 35.7 Å². The lowest BCUT2D eigenvalue weighted by molar-refractivity contribution is 0.0972. The van der Waals surface area contributed by atoms with E-state index < -0.39 is 0 Å². The van der Waals surface area contributed by atoms with Crippen molar-refractivity contribution >= 4 is 33.0 Å². The normalized spacial score (nSPS) is 10.4. The SMILES string of the molecule is C.Nc1ncc(C(=O)CCCO)c2scc(COc3ccccc3)c12. The lowest BCUT2D eigenvalue weighted by atomic mass is 10.1. The highest BCUT2D eigenvalue weighted by Crippen LogP contribution is 2.33. The van der Waals surface area contributed by atoms with Crippen molar-refractivity contribution in [3.8, 4) is 5.75 Å². The van der Waals surface area contributed by atoms with Gasteiger partial charge in [0.25, 0.3) is 0 Å². The average Bonchev–Trinajstić information content (AvgIpc) is 3.04. The maximum Gasteiger partial charge on any atom is 0.165 e. The largest absolute Gasteiger partial charge is 0.489 e. The summed E-state index contributed by atoms with van der Waals surface area (Å²) in [5.41, 5.74) is 7.50. The number of ketones is 1. The minimum Gasteiger partial charge on any atom is -0.489 e. The van der Waals surface area contributed by atoms with Crippen molar-refractivity contribution in [2.24, 2.45) is 0 Å². The first-order chi connectivity index (χ1) is 11.7. The molecule has 25 heavy (non-hydrogen) atoms. The van der Waals surface area contributed by atoms with E-state index in [-0.39, 0.29) is 19.8 Å². The van der Waals surface area contributed by atoms with E-state index in [2.05, 4.69) is 4.98 Å². The lowest BCUT2D eigenvalue weighted by Crippen LogP contribution is -2.04. The molecule has 0 unspecified atom stereocenters. The summed E-state index contributed by atoms with van der Waals surface area (Å²) in [7, 11) is 0. The number of para-hydroxylation sites is 1. The molecule has 0 aliphatic carbocycles. The molecule has 0 aliphatic heterocycles. The summed E-state index contributed by atoms with van der Waals surface area (Å²) in [4.78, 5) is 16.5. The summed E-state index contributed by atoms with van der Waals surface area (Å²) < 4.78 is 6.61. The number of aliphatic hydroxyl groups excluding tert-OH is 1. The van der Waals surface area contributed by atoms with E-state index in [0.717, 1.165) is 21.4 Å². The fourth-order valence-corrected chi connectivity index (χ4v) is 3.58. The molecule has 0 aliphatic rings. The number of benzene rings is 1. The van der Waals surface area contributed by atoms with Gasteiger partial charge in [0, 0.05) is 30.2 Å². The first-order valence-electron chi connectivity index (χ1n) is 7.67. The molecule has 0 spiro atoms. The fraction of sp³-hybridized carbons (Fsp3) is 0.263. The van der Waals surface area contributed by atoms with Crippen LogP contribution in [0, 0.1) is 0 Å². The predicted octanol–water partition coefficient (Wildman–Crippen LogP) is 4.05. The molecular weight excluding hydrogens is 336 g/mol. The summed E-state index contributed by atoms with van der Waals surface area (Å²) in [5.74, 6) is 1.15. The smallest absolute Gasteiger partial charge is 0.165 e. The van der Waals surface area contributed by atoms with Crippen LogP contribution in [0.1, 0.15) is 36.2 Å². The van der Waals surface area contributed by atoms with Crippen LogP contribution in [0.5, 0.6) is 5.75 Å². The number of rotatable bonds is 7. The van der Waals surface area contributed by atoms with Gasteiger partial charge in [0.2, 0.25) is 0 Å². The number of nitrogens with zero attached hydrogens (tertiary/aromatic N) is 1. The molecule has 1 aromatic carbocycles. The van der Waals surface area contributed by atoms with Crippen LogP contribution in [-0.2, 0) is 6.61 Å². The van der Waals surface area contributed by atoms with Crippen molar-refractivity contribution in [2.75, 3.05) is 12.3 Å². The number of Topliss-reactive ketones (excluding diaryl/α,β-unsaturated/α-hetero) is 1. The maximum absolute atomic E-state index is 12.3. The molecule has 3 rings (SSSR count). The Morgan fingerprint density at radius 3 is 2.76 bits per heavy atom. The maximum atomic E-state index is 12.3. The molecule has 3 N–H and O–H groups in total. The van der Waals surface area contributed by atoms with Crippen LogP contribution in [0.2, 0.25) is 0 Å². The van der Waals surface area contributed by atoms with Crippen molar-refractivity contribution in [3.05, 3.63) is 53.0 Å². The number of aromatic nitrogens is 1. The Labute approximate surface area is 151 Å². The molecule has 0 saturated heterocycles. The van der Waals surface area contributed by atoms with Crippen molar-refractivity contribution in [1.29, 1.82) is 0 Å². The predicted molar refractivity (Wildman–Crippen MR) is 102 cm³/mol. The molecule has 0 radical (unpaired) electrons. The van der Waals surface area contributed by atoms with Gasteiger partial charge in [-0.25, -0.2) is 4.98 Å². The van der Waals surface area contributed by atoms with Gasteiger partial charge in [-0.05, 0) is 23.9 Å². The van der Waals surface area contributed by atoms with Gasteiger partial charge in [0.15, 0.2) is 5.78 Å². The number of carbonyl (C=O) groups excluding carboxylic acids is 1. The average molecular weight is 358 g/mol. The zero-order valence-corrected chi connectivity index (χ0v) is 13.9. The standard InChI is InChI=1S/C18H18N2O3S.CH4/c19-18-16-12(10-23-13-5-2-1-3-6-13)11-24-17(16)14(9-20-18)15(22)7-4-8-21;/h1-3,5-6,9,11,21H,4,7-8,10H2,(H2,19,20);1H4. The third kappa shape index (κ3) is 4.15. The minimum atomic E-state index is -0.0288. The van der Waals surface area contributed by atoms with Crippen LogP contribution in [0.15, 0.2) is 41.9 Å². The highest BCUT2D eigenvalue weighted by Gasteiger charge is 2.17. The molecule has 0 saturated carbocycles. The minimum absolute atomic E-state index is 0. The van der Waals surface area contributed by atoms with Crippen LogP contribution >= 0.6 is 11.3 Å². The van der Waals surface area contributed by atoms with Gasteiger partial charge in [-0.15, -0.1) is 11.3 Å². The number of thiophene rings is 1. The van der Waals surface area contributed by atoms with E-state index in [9.17, 15) is 4.79 Å². The number of hydrogen-bond donors (Lipinski definition) is 2. The number of pyridine rings is 1. The zero-order chi connectivity index (χ0) is 16.9. The third-order valence-electron chi connectivity index (χ3n) is 3.70. The summed E-state index contributed by atoms with van der Waals surface area (Å²) in [6, 6.07) is 9.53. The van der Waals surface area contributed by atoms with Gasteiger partial charge < -0.3 is 15.6 Å². The van der Waals surface area contributed by atoms with Crippen LogP contribution in [0.25, 0.3) is 10.1 Å². The number of aliphatic hydroxyl groups is 1.